The first-order valence-electron chi connectivity index (χ1n) is 7.98. The van der Waals surface area contributed by atoms with Crippen molar-refractivity contribution >= 4 is 16.1 Å². The van der Waals surface area contributed by atoms with Crippen LogP contribution >= 0.6 is 0 Å². The molecule has 2 aromatic rings. The predicted molar refractivity (Wildman–Crippen MR) is 94.6 cm³/mol. The van der Waals surface area contributed by atoms with E-state index in [1.165, 1.54) is 23.0 Å². The second kappa shape index (κ2) is 7.77. The molecule has 138 valence electrons. The van der Waals surface area contributed by atoms with E-state index in [1.54, 1.807) is 5.01 Å². The summed E-state index contributed by atoms with van der Waals surface area (Å²) in [5.74, 6) is 0.757. The van der Waals surface area contributed by atoms with Gasteiger partial charge >= 0.3 is 6.09 Å². The Morgan fingerprint density at radius 2 is 1.69 bits per heavy atom. The van der Waals surface area contributed by atoms with Crippen molar-refractivity contribution in [3.05, 3.63) is 42.7 Å². The zero-order chi connectivity index (χ0) is 18.6. The summed E-state index contributed by atoms with van der Waals surface area (Å²) < 4.78 is 29.5. The molecule has 2 heterocycles. The Bertz CT molecular complexity index is 850. The number of hydrogen-bond acceptors (Lipinski definition) is 7. The van der Waals surface area contributed by atoms with Crippen molar-refractivity contribution in [1.82, 2.24) is 24.7 Å². The number of hydrazine groups is 1. The Labute approximate surface area is 151 Å². The van der Waals surface area contributed by atoms with Gasteiger partial charge in [0.15, 0.2) is 11.6 Å². The molecule has 1 aliphatic heterocycles. The molecular weight excluding hydrogens is 358 g/mol. The number of sulfonamides is 1. The fourth-order valence-electron chi connectivity index (χ4n) is 2.50. The van der Waals surface area contributed by atoms with Gasteiger partial charge in [0.25, 0.3) is 0 Å². The second-order valence-electron chi connectivity index (χ2n) is 5.76. The van der Waals surface area contributed by atoms with Crippen LogP contribution in [0.5, 0.6) is 5.75 Å². The first kappa shape index (κ1) is 18.2. The SMILES string of the molecule is CS(=O)(=O)N1CCN(NC(=O)Oc2cnc(-c3ccccc3)nc2)CC1. The molecule has 0 bridgehead atoms. The molecule has 10 heteroatoms. The standard InChI is InChI=1S/C16H19N5O4S/c1-26(23,24)21-9-7-20(8-10-21)19-16(22)25-14-11-17-15(18-12-14)13-5-3-2-4-6-13/h2-6,11-12H,7-10H2,1H3,(H,19,22). The highest BCUT2D eigenvalue weighted by Crippen LogP contribution is 2.16. The summed E-state index contributed by atoms with van der Waals surface area (Å²) in [6, 6.07) is 9.46. The number of piperazine rings is 1. The highest BCUT2D eigenvalue weighted by atomic mass is 32.2. The molecule has 1 saturated heterocycles. The van der Waals surface area contributed by atoms with Crippen LogP contribution in [0.2, 0.25) is 0 Å². The number of benzene rings is 1. The lowest BCUT2D eigenvalue weighted by atomic mass is 10.2. The fourth-order valence-corrected chi connectivity index (χ4v) is 3.32. The van der Waals surface area contributed by atoms with E-state index < -0.39 is 16.1 Å². The number of nitrogens with one attached hydrogen (secondary N) is 1. The van der Waals surface area contributed by atoms with Crippen molar-refractivity contribution in [2.75, 3.05) is 32.4 Å². The van der Waals surface area contributed by atoms with Crippen LogP contribution in [-0.4, -0.2) is 66.2 Å². The van der Waals surface area contributed by atoms with Gasteiger partial charge in [-0.2, -0.15) is 4.31 Å². The van der Waals surface area contributed by atoms with Gasteiger partial charge in [0.1, 0.15) is 0 Å². The summed E-state index contributed by atoms with van der Waals surface area (Å²) in [6.45, 7) is 1.39. The average Bonchev–Trinajstić information content (AvgIpc) is 2.63. The maximum atomic E-state index is 12.0. The van der Waals surface area contributed by atoms with Gasteiger partial charge in [0, 0.05) is 31.7 Å². The lowest BCUT2D eigenvalue weighted by molar-refractivity contribution is 0.115. The lowest BCUT2D eigenvalue weighted by Crippen LogP contribution is -2.55. The highest BCUT2D eigenvalue weighted by Gasteiger charge is 2.24. The van der Waals surface area contributed by atoms with Crippen molar-refractivity contribution < 1.29 is 17.9 Å². The summed E-state index contributed by atoms with van der Waals surface area (Å²) >= 11 is 0. The number of ether oxygens (including phenoxy) is 1. The Hall–Kier alpha value is -2.56. The molecule has 3 rings (SSSR count). The quantitative estimate of drug-likeness (QED) is 0.837. The highest BCUT2D eigenvalue weighted by molar-refractivity contribution is 7.88. The third-order valence-electron chi connectivity index (χ3n) is 3.83. The van der Waals surface area contributed by atoms with E-state index in [9.17, 15) is 13.2 Å². The number of carbonyl (C=O) groups is 1. The molecule has 0 unspecified atom stereocenters. The van der Waals surface area contributed by atoms with E-state index in [0.29, 0.717) is 32.0 Å². The Morgan fingerprint density at radius 1 is 1.08 bits per heavy atom. The number of amides is 1. The molecule has 1 amide bonds. The lowest BCUT2D eigenvalue weighted by Gasteiger charge is -2.32. The average molecular weight is 377 g/mol. The molecule has 26 heavy (non-hydrogen) atoms. The van der Waals surface area contributed by atoms with Crippen LogP contribution in [0.4, 0.5) is 4.79 Å². The van der Waals surface area contributed by atoms with Crippen LogP contribution < -0.4 is 10.2 Å². The van der Waals surface area contributed by atoms with E-state index >= 15 is 0 Å². The number of hydrogen-bond donors (Lipinski definition) is 1. The fraction of sp³-hybridized carbons (Fsp3) is 0.312. The van der Waals surface area contributed by atoms with Gasteiger partial charge in [0.2, 0.25) is 10.0 Å². The summed E-state index contributed by atoms with van der Waals surface area (Å²) in [6.07, 6.45) is 3.35. The Balaban J connectivity index is 1.51. The van der Waals surface area contributed by atoms with E-state index in [0.717, 1.165) is 5.56 Å². The van der Waals surface area contributed by atoms with E-state index in [1.807, 2.05) is 30.3 Å². The third-order valence-corrected chi connectivity index (χ3v) is 5.13. The number of aromatic nitrogens is 2. The molecule has 1 aromatic heterocycles. The smallest absolute Gasteiger partial charge is 0.406 e. The van der Waals surface area contributed by atoms with Crippen LogP contribution in [0, 0.1) is 0 Å². The second-order valence-corrected chi connectivity index (χ2v) is 7.74. The van der Waals surface area contributed by atoms with Crippen molar-refractivity contribution in [3.8, 4) is 17.1 Å². The summed E-state index contributed by atoms with van der Waals surface area (Å²) in [5.41, 5.74) is 3.45. The Kier molecular flexibility index (Phi) is 5.45. The molecular formula is C16H19N5O4S. The maximum Gasteiger partial charge on any atom is 0.427 e. The van der Waals surface area contributed by atoms with E-state index in [4.69, 9.17) is 4.74 Å². The molecule has 1 aliphatic rings. The first-order valence-corrected chi connectivity index (χ1v) is 9.83. The van der Waals surface area contributed by atoms with Crippen molar-refractivity contribution in [2.45, 2.75) is 0 Å². The van der Waals surface area contributed by atoms with E-state index in [-0.39, 0.29) is 5.75 Å². The van der Waals surface area contributed by atoms with Crippen molar-refractivity contribution in [2.24, 2.45) is 0 Å². The van der Waals surface area contributed by atoms with Gasteiger partial charge in [0.05, 0.1) is 18.6 Å². The number of nitrogens with zero attached hydrogens (tertiary/aromatic N) is 4. The van der Waals surface area contributed by atoms with E-state index in [2.05, 4.69) is 15.4 Å². The zero-order valence-corrected chi connectivity index (χ0v) is 15.0. The molecule has 1 N–H and O–H groups in total. The molecule has 1 aromatic carbocycles. The van der Waals surface area contributed by atoms with Crippen LogP contribution in [-0.2, 0) is 10.0 Å². The molecule has 1 fully saturated rings. The minimum Gasteiger partial charge on any atom is -0.406 e. The minimum absolute atomic E-state index is 0.219. The van der Waals surface area contributed by atoms with Crippen LogP contribution in [0.3, 0.4) is 0 Å². The number of carbonyl (C=O) groups excluding carboxylic acids is 1. The van der Waals surface area contributed by atoms with Gasteiger partial charge in [-0.15, -0.1) is 0 Å². The van der Waals surface area contributed by atoms with Gasteiger partial charge in [-0.25, -0.2) is 28.2 Å². The van der Waals surface area contributed by atoms with Crippen molar-refractivity contribution in [3.63, 3.8) is 0 Å². The Morgan fingerprint density at radius 3 is 2.27 bits per heavy atom. The molecule has 0 spiro atoms. The van der Waals surface area contributed by atoms with Gasteiger partial charge < -0.3 is 4.74 Å². The summed E-state index contributed by atoms with van der Waals surface area (Å²) in [5, 5.41) is 1.61. The topological polar surface area (TPSA) is 105 Å². The number of rotatable bonds is 4. The van der Waals surface area contributed by atoms with Crippen LogP contribution in [0.1, 0.15) is 0 Å². The van der Waals surface area contributed by atoms with Gasteiger partial charge in [-0.1, -0.05) is 30.3 Å². The first-order chi connectivity index (χ1) is 12.4. The summed E-state index contributed by atoms with van der Waals surface area (Å²) in [7, 11) is -3.21. The molecule has 0 atom stereocenters. The largest absolute Gasteiger partial charge is 0.427 e. The molecule has 0 saturated carbocycles. The van der Waals surface area contributed by atoms with Gasteiger partial charge in [-0.05, 0) is 0 Å². The maximum absolute atomic E-state index is 12.0. The van der Waals surface area contributed by atoms with Crippen LogP contribution in [0.15, 0.2) is 42.7 Å². The minimum atomic E-state index is -3.21. The predicted octanol–water partition coefficient (Wildman–Crippen LogP) is 0.724. The van der Waals surface area contributed by atoms with Crippen LogP contribution in [0.25, 0.3) is 11.4 Å². The molecule has 0 radical (unpaired) electrons. The van der Waals surface area contributed by atoms with Gasteiger partial charge in [-0.3, -0.25) is 5.43 Å². The monoisotopic (exact) mass is 377 g/mol. The molecule has 9 nitrogen and oxygen atoms in total. The zero-order valence-electron chi connectivity index (χ0n) is 14.2. The van der Waals surface area contributed by atoms with Crippen molar-refractivity contribution in [1.29, 1.82) is 0 Å². The normalized spacial score (nSPS) is 16.2. The summed E-state index contributed by atoms with van der Waals surface area (Å²) in [4.78, 5) is 20.3. The molecule has 0 aliphatic carbocycles. The third kappa shape index (κ3) is 4.75.